The zero-order valence-corrected chi connectivity index (χ0v) is 22.0. The van der Waals surface area contributed by atoms with Crippen molar-refractivity contribution in [3.8, 4) is 0 Å². The molecule has 1 N–H and O–H groups in total. The number of carbonyl (C=O) groups is 2. The van der Waals surface area contributed by atoms with Gasteiger partial charge in [0, 0.05) is 42.3 Å². The van der Waals surface area contributed by atoms with Crippen molar-refractivity contribution in [3.63, 3.8) is 0 Å². The van der Waals surface area contributed by atoms with Crippen LogP contribution >= 0.6 is 0 Å². The number of benzene rings is 1. The van der Waals surface area contributed by atoms with Crippen LogP contribution in [0.2, 0.25) is 0 Å². The minimum Gasteiger partial charge on any atom is -0.349 e. The first-order valence-electron chi connectivity index (χ1n) is 12.4. The van der Waals surface area contributed by atoms with E-state index in [-0.39, 0.29) is 23.1 Å². The number of nitrogens with zero attached hydrogens (tertiary/aromatic N) is 3. The minimum atomic E-state index is -0.829. The molecule has 0 saturated carbocycles. The number of aromatic nitrogens is 1. The molecule has 0 spiro atoms. The Bertz CT molecular complexity index is 1020. The summed E-state index contributed by atoms with van der Waals surface area (Å²) in [6.45, 7) is 18.4. The first-order valence-corrected chi connectivity index (χ1v) is 12.4. The number of hydrogen-bond donors (Lipinski definition) is 1. The summed E-state index contributed by atoms with van der Waals surface area (Å²) in [6, 6.07) is 10.9. The average molecular weight is 477 g/mol. The Morgan fingerprint density at radius 1 is 1.17 bits per heavy atom. The highest BCUT2D eigenvalue weighted by Crippen LogP contribution is 2.33. The molecule has 2 amide bonds. The molecule has 188 valence electrons. The van der Waals surface area contributed by atoms with Gasteiger partial charge >= 0.3 is 0 Å². The van der Waals surface area contributed by atoms with Crippen LogP contribution in [-0.2, 0) is 15.0 Å². The summed E-state index contributed by atoms with van der Waals surface area (Å²) >= 11 is 0. The second-order valence-electron chi connectivity index (χ2n) is 11.5. The first-order chi connectivity index (χ1) is 16.4. The molecule has 2 heterocycles. The van der Waals surface area contributed by atoms with Crippen LogP contribution in [0, 0.1) is 5.92 Å². The third-order valence-corrected chi connectivity index (χ3v) is 6.26. The van der Waals surface area contributed by atoms with E-state index in [0.717, 1.165) is 19.5 Å². The SMILES string of the molecule is C=CCN1CCC(C(=O)N(c2ccc(C(C)(C)C)cc2)C(C(=O)NC(C)(C)C)c2cccnc2)C1. The Morgan fingerprint density at radius 2 is 1.86 bits per heavy atom. The molecule has 2 unspecified atom stereocenters. The van der Waals surface area contributed by atoms with Gasteiger partial charge in [0.05, 0.1) is 5.92 Å². The van der Waals surface area contributed by atoms with Crippen molar-refractivity contribution in [2.45, 2.75) is 65.0 Å². The molecule has 1 fully saturated rings. The van der Waals surface area contributed by atoms with Crippen molar-refractivity contribution in [1.29, 1.82) is 0 Å². The van der Waals surface area contributed by atoms with Gasteiger partial charge in [0.1, 0.15) is 6.04 Å². The van der Waals surface area contributed by atoms with Gasteiger partial charge < -0.3 is 5.32 Å². The molecule has 1 saturated heterocycles. The molecule has 1 aliphatic rings. The van der Waals surface area contributed by atoms with Crippen LogP contribution in [0.15, 0.2) is 61.4 Å². The van der Waals surface area contributed by atoms with Crippen LogP contribution in [-0.4, -0.2) is 46.9 Å². The molecule has 1 aromatic heterocycles. The van der Waals surface area contributed by atoms with Crippen molar-refractivity contribution >= 4 is 17.5 Å². The third kappa shape index (κ3) is 6.79. The van der Waals surface area contributed by atoms with E-state index in [0.29, 0.717) is 17.8 Å². The van der Waals surface area contributed by atoms with Crippen molar-refractivity contribution in [1.82, 2.24) is 15.2 Å². The first kappa shape index (κ1) is 26.6. The summed E-state index contributed by atoms with van der Waals surface area (Å²) in [5.74, 6) is -0.462. The lowest BCUT2D eigenvalue weighted by atomic mass is 9.87. The van der Waals surface area contributed by atoms with Crippen LogP contribution in [0.25, 0.3) is 0 Å². The number of amides is 2. The highest BCUT2D eigenvalue weighted by molar-refractivity contribution is 6.02. The number of nitrogens with one attached hydrogen (secondary N) is 1. The van der Waals surface area contributed by atoms with E-state index < -0.39 is 11.6 Å². The van der Waals surface area contributed by atoms with Gasteiger partial charge in [-0.05, 0) is 62.9 Å². The molecule has 2 aromatic rings. The highest BCUT2D eigenvalue weighted by atomic mass is 16.2. The molecule has 0 radical (unpaired) electrons. The summed E-state index contributed by atoms with van der Waals surface area (Å²) in [4.78, 5) is 36.0. The molecule has 1 aliphatic heterocycles. The van der Waals surface area contributed by atoms with Crippen LogP contribution in [0.3, 0.4) is 0 Å². The fraction of sp³-hybridized carbons (Fsp3) is 0.483. The minimum absolute atomic E-state index is 0.0175. The number of pyridine rings is 1. The molecule has 35 heavy (non-hydrogen) atoms. The molecule has 0 aliphatic carbocycles. The lowest BCUT2D eigenvalue weighted by Crippen LogP contribution is -2.51. The number of rotatable bonds is 7. The largest absolute Gasteiger partial charge is 0.349 e. The van der Waals surface area contributed by atoms with Crippen LogP contribution < -0.4 is 10.2 Å². The van der Waals surface area contributed by atoms with Gasteiger partial charge in [-0.15, -0.1) is 6.58 Å². The molecule has 3 rings (SSSR count). The third-order valence-electron chi connectivity index (χ3n) is 6.26. The van der Waals surface area contributed by atoms with Gasteiger partial charge in [-0.25, -0.2) is 0 Å². The Labute approximate surface area is 210 Å². The predicted molar refractivity (Wildman–Crippen MR) is 142 cm³/mol. The Kier molecular flexibility index (Phi) is 8.16. The van der Waals surface area contributed by atoms with Gasteiger partial charge in [0.25, 0.3) is 0 Å². The zero-order valence-electron chi connectivity index (χ0n) is 22.0. The lowest BCUT2D eigenvalue weighted by molar-refractivity contribution is -0.129. The second-order valence-corrected chi connectivity index (χ2v) is 11.5. The van der Waals surface area contributed by atoms with E-state index >= 15 is 0 Å². The fourth-order valence-corrected chi connectivity index (χ4v) is 4.50. The van der Waals surface area contributed by atoms with E-state index in [1.807, 2.05) is 45.0 Å². The van der Waals surface area contributed by atoms with Crippen LogP contribution in [0.1, 0.15) is 65.1 Å². The molecule has 0 bridgehead atoms. The smallest absolute Gasteiger partial charge is 0.248 e. The van der Waals surface area contributed by atoms with Gasteiger partial charge in [-0.1, -0.05) is 45.0 Å². The summed E-state index contributed by atoms with van der Waals surface area (Å²) in [5, 5.41) is 3.09. The zero-order chi connectivity index (χ0) is 25.8. The van der Waals surface area contributed by atoms with Crippen molar-refractivity contribution in [3.05, 3.63) is 72.6 Å². The van der Waals surface area contributed by atoms with E-state index in [9.17, 15) is 9.59 Å². The second kappa shape index (κ2) is 10.7. The summed E-state index contributed by atoms with van der Waals surface area (Å²) < 4.78 is 0. The fourth-order valence-electron chi connectivity index (χ4n) is 4.50. The van der Waals surface area contributed by atoms with Crippen molar-refractivity contribution in [2.75, 3.05) is 24.5 Å². The number of anilines is 1. The van der Waals surface area contributed by atoms with Gasteiger partial charge in [-0.2, -0.15) is 0 Å². The molecule has 6 heteroatoms. The van der Waals surface area contributed by atoms with Crippen molar-refractivity contribution in [2.24, 2.45) is 5.92 Å². The highest BCUT2D eigenvalue weighted by Gasteiger charge is 2.39. The van der Waals surface area contributed by atoms with E-state index in [2.05, 4.69) is 54.7 Å². The normalized spacial score (nSPS) is 17.6. The Morgan fingerprint density at radius 3 is 2.40 bits per heavy atom. The summed E-state index contributed by atoms with van der Waals surface area (Å²) in [5.41, 5.74) is 2.10. The van der Waals surface area contributed by atoms with Gasteiger partial charge in [0.15, 0.2) is 0 Å². The number of hydrogen-bond acceptors (Lipinski definition) is 4. The number of likely N-dealkylation sites (tertiary alicyclic amines) is 1. The lowest BCUT2D eigenvalue weighted by Gasteiger charge is -2.35. The summed E-state index contributed by atoms with van der Waals surface area (Å²) in [7, 11) is 0. The number of carbonyl (C=O) groups excluding carboxylic acids is 2. The average Bonchev–Trinajstić information content (AvgIpc) is 3.25. The monoisotopic (exact) mass is 476 g/mol. The molecule has 6 nitrogen and oxygen atoms in total. The van der Waals surface area contributed by atoms with Gasteiger partial charge in [-0.3, -0.25) is 24.4 Å². The van der Waals surface area contributed by atoms with E-state index in [4.69, 9.17) is 0 Å². The molecular formula is C29H40N4O2. The van der Waals surface area contributed by atoms with Gasteiger partial charge in [0.2, 0.25) is 11.8 Å². The predicted octanol–water partition coefficient (Wildman–Crippen LogP) is 4.88. The Hall–Kier alpha value is -2.99. The van der Waals surface area contributed by atoms with E-state index in [1.54, 1.807) is 23.4 Å². The standard InChI is InChI=1S/C29H40N4O2/c1-8-17-32-18-15-22(20-32)27(35)33(24-13-11-23(12-14-24)28(2,3)4)25(21-10-9-16-30-19-21)26(34)31-29(5,6)7/h8-14,16,19,22,25H,1,15,17-18,20H2,2-7H3,(H,31,34). The molecule has 2 atom stereocenters. The topological polar surface area (TPSA) is 65.5 Å². The van der Waals surface area contributed by atoms with Crippen molar-refractivity contribution < 1.29 is 9.59 Å². The van der Waals surface area contributed by atoms with Crippen LogP contribution in [0.4, 0.5) is 5.69 Å². The molecule has 1 aromatic carbocycles. The van der Waals surface area contributed by atoms with E-state index in [1.165, 1.54) is 5.56 Å². The maximum absolute atomic E-state index is 14.1. The maximum Gasteiger partial charge on any atom is 0.248 e. The van der Waals surface area contributed by atoms with Crippen LogP contribution in [0.5, 0.6) is 0 Å². The summed E-state index contributed by atoms with van der Waals surface area (Å²) in [6.07, 6.45) is 5.97. The quantitative estimate of drug-likeness (QED) is 0.579. The maximum atomic E-state index is 14.1. The Balaban J connectivity index is 2.09. The molecular weight excluding hydrogens is 436 g/mol.